The van der Waals surface area contributed by atoms with Gasteiger partial charge in [0, 0.05) is 28.1 Å². The van der Waals surface area contributed by atoms with Gasteiger partial charge in [-0.1, -0.05) is 28.9 Å². The number of nitrogens with one attached hydrogen (secondary N) is 2. The second-order valence-corrected chi connectivity index (χ2v) is 4.20. The number of hydrogen-bond acceptors (Lipinski definition) is 1. The SMILES string of the molecule is CCNCc1c[nH]c2cc(Br)ccc12. The van der Waals surface area contributed by atoms with Crippen molar-refractivity contribution in [3.8, 4) is 0 Å². The van der Waals surface area contributed by atoms with Gasteiger partial charge in [0.15, 0.2) is 0 Å². The molecule has 3 heteroatoms. The van der Waals surface area contributed by atoms with Crippen LogP contribution in [0.5, 0.6) is 0 Å². The predicted octanol–water partition coefficient (Wildman–Crippen LogP) is 3.04. The van der Waals surface area contributed by atoms with E-state index in [1.165, 1.54) is 16.5 Å². The number of halogens is 1. The number of hydrogen-bond donors (Lipinski definition) is 2. The zero-order chi connectivity index (χ0) is 9.97. The van der Waals surface area contributed by atoms with E-state index in [4.69, 9.17) is 0 Å². The molecule has 0 aliphatic heterocycles. The van der Waals surface area contributed by atoms with E-state index in [1.807, 2.05) is 0 Å². The van der Waals surface area contributed by atoms with E-state index >= 15 is 0 Å². The van der Waals surface area contributed by atoms with Crippen molar-refractivity contribution in [1.29, 1.82) is 0 Å². The number of fused-ring (bicyclic) bond motifs is 1. The minimum Gasteiger partial charge on any atom is -0.361 e. The van der Waals surface area contributed by atoms with Crippen LogP contribution in [0.25, 0.3) is 10.9 Å². The summed E-state index contributed by atoms with van der Waals surface area (Å²) in [5.74, 6) is 0. The van der Waals surface area contributed by atoms with Gasteiger partial charge < -0.3 is 10.3 Å². The second-order valence-electron chi connectivity index (χ2n) is 3.28. The van der Waals surface area contributed by atoms with Crippen molar-refractivity contribution < 1.29 is 0 Å². The molecule has 2 aromatic rings. The highest BCUT2D eigenvalue weighted by molar-refractivity contribution is 9.10. The van der Waals surface area contributed by atoms with Gasteiger partial charge in [0.1, 0.15) is 0 Å². The Morgan fingerprint density at radius 2 is 2.29 bits per heavy atom. The van der Waals surface area contributed by atoms with Crippen molar-refractivity contribution in [2.45, 2.75) is 13.5 Å². The van der Waals surface area contributed by atoms with E-state index in [2.05, 4.69) is 57.6 Å². The molecular weight excluding hydrogens is 240 g/mol. The molecule has 0 amide bonds. The molecule has 0 radical (unpaired) electrons. The minimum absolute atomic E-state index is 0.929. The summed E-state index contributed by atoms with van der Waals surface area (Å²) in [6.07, 6.45) is 2.07. The average molecular weight is 253 g/mol. The third-order valence-corrected chi connectivity index (χ3v) is 2.79. The second kappa shape index (κ2) is 4.15. The van der Waals surface area contributed by atoms with Gasteiger partial charge in [0.25, 0.3) is 0 Å². The van der Waals surface area contributed by atoms with E-state index in [1.54, 1.807) is 0 Å². The van der Waals surface area contributed by atoms with Gasteiger partial charge >= 0.3 is 0 Å². The fourth-order valence-corrected chi connectivity index (χ4v) is 1.93. The molecule has 2 rings (SSSR count). The summed E-state index contributed by atoms with van der Waals surface area (Å²) in [6, 6.07) is 6.32. The lowest BCUT2D eigenvalue weighted by Gasteiger charge is -1.99. The van der Waals surface area contributed by atoms with Crippen molar-refractivity contribution >= 4 is 26.8 Å². The van der Waals surface area contributed by atoms with Crippen LogP contribution in [0.4, 0.5) is 0 Å². The lowest BCUT2D eigenvalue weighted by Crippen LogP contribution is -2.11. The van der Waals surface area contributed by atoms with Gasteiger partial charge in [0.2, 0.25) is 0 Å². The summed E-state index contributed by atoms with van der Waals surface area (Å²) in [5.41, 5.74) is 2.52. The van der Waals surface area contributed by atoms with Crippen LogP contribution < -0.4 is 5.32 Å². The molecule has 14 heavy (non-hydrogen) atoms. The van der Waals surface area contributed by atoms with Gasteiger partial charge in [-0.05, 0) is 24.2 Å². The number of rotatable bonds is 3. The highest BCUT2D eigenvalue weighted by Crippen LogP contribution is 2.22. The smallest absolute Gasteiger partial charge is 0.0468 e. The van der Waals surface area contributed by atoms with E-state index in [-0.39, 0.29) is 0 Å². The van der Waals surface area contributed by atoms with Gasteiger partial charge in [-0.2, -0.15) is 0 Å². The third kappa shape index (κ3) is 1.83. The van der Waals surface area contributed by atoms with Gasteiger partial charge in [-0.3, -0.25) is 0 Å². The Bertz CT molecular complexity index is 434. The van der Waals surface area contributed by atoms with Crippen LogP contribution in [0, 0.1) is 0 Å². The fourth-order valence-electron chi connectivity index (χ4n) is 1.56. The van der Waals surface area contributed by atoms with Crippen molar-refractivity contribution in [2.24, 2.45) is 0 Å². The monoisotopic (exact) mass is 252 g/mol. The molecule has 0 atom stereocenters. The van der Waals surface area contributed by atoms with Crippen LogP contribution >= 0.6 is 15.9 Å². The quantitative estimate of drug-likeness (QED) is 0.864. The van der Waals surface area contributed by atoms with Gasteiger partial charge in [-0.15, -0.1) is 0 Å². The molecule has 0 fully saturated rings. The Kier molecular flexibility index (Phi) is 2.89. The average Bonchev–Trinajstić information content (AvgIpc) is 2.57. The number of aromatic nitrogens is 1. The Morgan fingerprint density at radius 1 is 1.43 bits per heavy atom. The van der Waals surface area contributed by atoms with E-state index in [0.29, 0.717) is 0 Å². The standard InChI is InChI=1S/C11H13BrN2/c1-2-13-6-8-7-14-11-5-9(12)3-4-10(8)11/h3-5,7,13-14H,2,6H2,1H3. The first kappa shape index (κ1) is 9.74. The molecule has 0 saturated carbocycles. The Morgan fingerprint density at radius 3 is 3.07 bits per heavy atom. The topological polar surface area (TPSA) is 27.8 Å². The minimum atomic E-state index is 0.929. The molecule has 0 bridgehead atoms. The van der Waals surface area contributed by atoms with Crippen LogP contribution in [0.1, 0.15) is 12.5 Å². The predicted molar refractivity (Wildman–Crippen MR) is 63.4 cm³/mol. The van der Waals surface area contributed by atoms with Crippen molar-refractivity contribution in [3.63, 3.8) is 0 Å². The van der Waals surface area contributed by atoms with Crippen molar-refractivity contribution in [2.75, 3.05) is 6.54 Å². The van der Waals surface area contributed by atoms with E-state index in [9.17, 15) is 0 Å². The van der Waals surface area contributed by atoms with Crippen LogP contribution in [0.15, 0.2) is 28.9 Å². The fraction of sp³-hybridized carbons (Fsp3) is 0.273. The lowest BCUT2D eigenvalue weighted by atomic mass is 10.2. The Labute approximate surface area is 91.8 Å². The zero-order valence-corrected chi connectivity index (χ0v) is 9.69. The summed E-state index contributed by atoms with van der Waals surface area (Å²) < 4.78 is 1.11. The molecule has 1 aromatic carbocycles. The molecule has 0 saturated heterocycles. The van der Waals surface area contributed by atoms with Crippen LogP contribution in [-0.2, 0) is 6.54 Å². The maximum atomic E-state index is 3.46. The van der Waals surface area contributed by atoms with Crippen molar-refractivity contribution in [1.82, 2.24) is 10.3 Å². The summed E-state index contributed by atoms with van der Waals surface area (Å²) >= 11 is 3.46. The van der Waals surface area contributed by atoms with Crippen LogP contribution in [0.3, 0.4) is 0 Å². The summed E-state index contributed by atoms with van der Waals surface area (Å²) in [6.45, 7) is 4.05. The molecule has 1 heterocycles. The van der Waals surface area contributed by atoms with Crippen LogP contribution in [-0.4, -0.2) is 11.5 Å². The third-order valence-electron chi connectivity index (χ3n) is 2.29. The summed E-state index contributed by atoms with van der Waals surface area (Å²) in [5, 5.41) is 4.63. The highest BCUT2D eigenvalue weighted by atomic mass is 79.9. The molecule has 0 aliphatic rings. The molecule has 74 valence electrons. The van der Waals surface area contributed by atoms with Crippen molar-refractivity contribution in [3.05, 3.63) is 34.4 Å². The zero-order valence-electron chi connectivity index (χ0n) is 8.10. The first-order valence-electron chi connectivity index (χ1n) is 4.77. The maximum Gasteiger partial charge on any atom is 0.0468 e. The molecule has 2 nitrogen and oxygen atoms in total. The van der Waals surface area contributed by atoms with Gasteiger partial charge in [0.05, 0.1) is 0 Å². The Hall–Kier alpha value is -0.800. The number of aromatic amines is 1. The summed E-state index contributed by atoms with van der Waals surface area (Å²) in [4.78, 5) is 3.27. The molecule has 1 aromatic heterocycles. The molecule has 0 unspecified atom stereocenters. The molecule has 2 N–H and O–H groups in total. The number of benzene rings is 1. The summed E-state index contributed by atoms with van der Waals surface area (Å²) in [7, 11) is 0. The first-order valence-corrected chi connectivity index (χ1v) is 5.57. The largest absolute Gasteiger partial charge is 0.361 e. The van der Waals surface area contributed by atoms with Crippen LogP contribution in [0.2, 0.25) is 0 Å². The Balaban J connectivity index is 2.37. The van der Waals surface area contributed by atoms with E-state index < -0.39 is 0 Å². The van der Waals surface area contributed by atoms with Gasteiger partial charge in [-0.25, -0.2) is 0 Å². The maximum absolute atomic E-state index is 3.46. The lowest BCUT2D eigenvalue weighted by molar-refractivity contribution is 0.730. The molecule has 0 spiro atoms. The highest BCUT2D eigenvalue weighted by Gasteiger charge is 2.02. The first-order chi connectivity index (χ1) is 6.81. The molecule has 0 aliphatic carbocycles. The molecular formula is C11H13BrN2. The number of H-pyrrole nitrogens is 1. The normalized spacial score (nSPS) is 11.0. The van der Waals surface area contributed by atoms with E-state index in [0.717, 1.165) is 17.6 Å².